The number of cyclic esters (lactones) is 1. The molecule has 1 aliphatic heterocycles. The van der Waals surface area contributed by atoms with E-state index in [1.807, 2.05) is 44.2 Å². The highest BCUT2D eigenvalue weighted by Gasteiger charge is 2.41. The first-order chi connectivity index (χ1) is 9.17. The summed E-state index contributed by atoms with van der Waals surface area (Å²) in [6.45, 7) is 5.19. The molecule has 1 aromatic carbocycles. The van der Waals surface area contributed by atoms with E-state index in [-0.39, 0.29) is 18.3 Å². The van der Waals surface area contributed by atoms with Crippen molar-refractivity contribution in [2.75, 3.05) is 13.1 Å². The van der Waals surface area contributed by atoms with Crippen LogP contribution in [0.2, 0.25) is 0 Å². The van der Waals surface area contributed by atoms with Crippen molar-refractivity contribution in [3.63, 3.8) is 0 Å². The summed E-state index contributed by atoms with van der Waals surface area (Å²) in [7, 11) is 0. The molecule has 1 heterocycles. The summed E-state index contributed by atoms with van der Waals surface area (Å²) >= 11 is 0. The first-order valence-corrected chi connectivity index (χ1v) is 6.70. The second-order valence-corrected chi connectivity index (χ2v) is 4.64. The molecule has 0 N–H and O–H groups in total. The van der Waals surface area contributed by atoms with E-state index in [1.54, 1.807) is 4.90 Å². The Morgan fingerprint density at radius 3 is 2.47 bits per heavy atom. The molecular weight excluding hydrogens is 242 g/mol. The lowest BCUT2D eigenvalue weighted by Crippen LogP contribution is -2.37. The Hall–Kier alpha value is -1.84. The van der Waals surface area contributed by atoms with E-state index in [1.165, 1.54) is 0 Å². The van der Waals surface area contributed by atoms with E-state index in [0.29, 0.717) is 13.1 Å². The third kappa shape index (κ3) is 2.78. The van der Waals surface area contributed by atoms with Gasteiger partial charge in [-0.1, -0.05) is 30.3 Å². The van der Waals surface area contributed by atoms with Gasteiger partial charge in [-0.15, -0.1) is 0 Å². The molecule has 2 rings (SSSR count). The van der Waals surface area contributed by atoms with Crippen molar-refractivity contribution in [1.82, 2.24) is 4.90 Å². The lowest BCUT2D eigenvalue weighted by atomic mass is 9.94. The fraction of sp³-hybridized carbons (Fsp3) is 0.467. The van der Waals surface area contributed by atoms with Gasteiger partial charge in [-0.05, 0) is 19.4 Å². The Morgan fingerprint density at radius 1 is 1.26 bits per heavy atom. The van der Waals surface area contributed by atoms with Gasteiger partial charge in [-0.2, -0.15) is 0 Å². The third-order valence-corrected chi connectivity index (χ3v) is 3.53. The molecule has 1 aliphatic rings. The highest BCUT2D eigenvalue weighted by molar-refractivity contribution is 5.87. The molecule has 1 fully saturated rings. The third-order valence-electron chi connectivity index (χ3n) is 3.53. The first kappa shape index (κ1) is 13.6. The quantitative estimate of drug-likeness (QED) is 0.780. The van der Waals surface area contributed by atoms with Gasteiger partial charge in [0.2, 0.25) is 5.91 Å². The lowest BCUT2D eigenvalue weighted by Gasteiger charge is -2.24. The minimum absolute atomic E-state index is 0.00435. The summed E-state index contributed by atoms with van der Waals surface area (Å²) in [5.74, 6) is -0.682. The summed E-state index contributed by atoms with van der Waals surface area (Å²) in [5, 5.41) is 0. The molecule has 0 unspecified atom stereocenters. The fourth-order valence-corrected chi connectivity index (χ4v) is 2.49. The standard InChI is InChI=1S/C15H19NO3/c1-3-16(4-2)15(18)12-10-13(17)19-14(12)11-8-6-5-7-9-11/h5-9,12,14H,3-4,10H2,1-2H3/t12-,14+/m1/s1. The van der Waals surface area contributed by atoms with Gasteiger partial charge in [0.05, 0.1) is 12.3 Å². The monoisotopic (exact) mass is 261 g/mol. The molecule has 1 saturated heterocycles. The van der Waals surface area contributed by atoms with Crippen LogP contribution in [0, 0.1) is 5.92 Å². The van der Waals surface area contributed by atoms with Gasteiger partial charge >= 0.3 is 5.97 Å². The predicted octanol–water partition coefficient (Wildman–Crippen LogP) is 2.16. The van der Waals surface area contributed by atoms with E-state index < -0.39 is 12.0 Å². The molecule has 0 aromatic heterocycles. The molecule has 0 spiro atoms. The number of esters is 1. The summed E-state index contributed by atoms with van der Waals surface area (Å²) in [5.41, 5.74) is 0.888. The highest BCUT2D eigenvalue weighted by Crippen LogP contribution is 2.36. The van der Waals surface area contributed by atoms with Crippen molar-refractivity contribution in [2.45, 2.75) is 26.4 Å². The average molecular weight is 261 g/mol. The molecule has 0 radical (unpaired) electrons. The van der Waals surface area contributed by atoms with Gasteiger partial charge < -0.3 is 9.64 Å². The Labute approximate surface area is 113 Å². The number of carbonyl (C=O) groups is 2. The van der Waals surface area contributed by atoms with Crippen LogP contribution in [0.3, 0.4) is 0 Å². The molecule has 1 amide bonds. The topological polar surface area (TPSA) is 46.6 Å². The van der Waals surface area contributed by atoms with Crippen LogP contribution in [0.15, 0.2) is 30.3 Å². The Kier molecular flexibility index (Phi) is 4.20. The molecular formula is C15H19NO3. The van der Waals surface area contributed by atoms with Gasteiger partial charge in [-0.3, -0.25) is 9.59 Å². The Balaban J connectivity index is 2.23. The maximum atomic E-state index is 12.4. The van der Waals surface area contributed by atoms with Crippen LogP contribution in [0.5, 0.6) is 0 Å². The Bertz CT molecular complexity index is 454. The summed E-state index contributed by atoms with van der Waals surface area (Å²) in [4.78, 5) is 25.7. The van der Waals surface area contributed by atoms with Crippen molar-refractivity contribution in [3.05, 3.63) is 35.9 Å². The van der Waals surface area contributed by atoms with Crippen molar-refractivity contribution >= 4 is 11.9 Å². The Morgan fingerprint density at radius 2 is 1.89 bits per heavy atom. The number of amides is 1. The van der Waals surface area contributed by atoms with Crippen molar-refractivity contribution in [1.29, 1.82) is 0 Å². The zero-order valence-electron chi connectivity index (χ0n) is 11.3. The highest BCUT2D eigenvalue weighted by atomic mass is 16.6. The number of carbonyl (C=O) groups excluding carboxylic acids is 2. The van der Waals surface area contributed by atoms with Gasteiger partial charge in [-0.25, -0.2) is 0 Å². The number of ether oxygens (including phenoxy) is 1. The number of rotatable bonds is 4. The van der Waals surface area contributed by atoms with E-state index in [2.05, 4.69) is 0 Å². The first-order valence-electron chi connectivity index (χ1n) is 6.70. The van der Waals surface area contributed by atoms with Crippen LogP contribution in [-0.2, 0) is 14.3 Å². The molecule has 0 bridgehead atoms. The largest absolute Gasteiger partial charge is 0.457 e. The van der Waals surface area contributed by atoms with Gasteiger partial charge in [0.25, 0.3) is 0 Å². The molecule has 2 atom stereocenters. The molecule has 102 valence electrons. The van der Waals surface area contributed by atoms with E-state index >= 15 is 0 Å². The SMILES string of the molecule is CCN(CC)C(=O)[C@@H]1CC(=O)O[C@H]1c1ccccc1. The second kappa shape index (κ2) is 5.87. The predicted molar refractivity (Wildman–Crippen MR) is 71.3 cm³/mol. The van der Waals surface area contributed by atoms with Crippen LogP contribution < -0.4 is 0 Å². The van der Waals surface area contributed by atoms with Crippen molar-refractivity contribution < 1.29 is 14.3 Å². The second-order valence-electron chi connectivity index (χ2n) is 4.64. The van der Waals surface area contributed by atoms with Crippen LogP contribution in [-0.4, -0.2) is 29.9 Å². The molecule has 4 heteroatoms. The summed E-state index contributed by atoms with van der Waals surface area (Å²) < 4.78 is 5.33. The normalized spacial score (nSPS) is 22.1. The summed E-state index contributed by atoms with van der Waals surface area (Å²) in [6, 6.07) is 9.47. The van der Waals surface area contributed by atoms with Crippen molar-refractivity contribution in [2.24, 2.45) is 5.92 Å². The summed E-state index contributed by atoms with van der Waals surface area (Å²) in [6.07, 6.45) is -0.267. The molecule has 19 heavy (non-hydrogen) atoms. The number of hydrogen-bond donors (Lipinski definition) is 0. The molecule has 0 aliphatic carbocycles. The van der Waals surface area contributed by atoms with Crippen LogP contribution >= 0.6 is 0 Å². The van der Waals surface area contributed by atoms with E-state index in [4.69, 9.17) is 4.74 Å². The smallest absolute Gasteiger partial charge is 0.307 e. The van der Waals surface area contributed by atoms with E-state index in [9.17, 15) is 9.59 Å². The minimum atomic E-state index is -0.443. The molecule has 4 nitrogen and oxygen atoms in total. The zero-order chi connectivity index (χ0) is 13.8. The van der Waals surface area contributed by atoms with Gasteiger partial charge in [0.15, 0.2) is 0 Å². The van der Waals surface area contributed by atoms with Gasteiger partial charge in [0.1, 0.15) is 6.10 Å². The van der Waals surface area contributed by atoms with Crippen LogP contribution in [0.4, 0.5) is 0 Å². The fourth-order valence-electron chi connectivity index (χ4n) is 2.49. The van der Waals surface area contributed by atoms with Crippen LogP contribution in [0.25, 0.3) is 0 Å². The number of hydrogen-bond acceptors (Lipinski definition) is 3. The van der Waals surface area contributed by atoms with Gasteiger partial charge in [0, 0.05) is 13.1 Å². The zero-order valence-corrected chi connectivity index (χ0v) is 11.3. The maximum Gasteiger partial charge on any atom is 0.307 e. The average Bonchev–Trinajstić information content (AvgIpc) is 2.83. The number of nitrogens with zero attached hydrogens (tertiary/aromatic N) is 1. The number of benzene rings is 1. The molecule has 1 aromatic rings. The van der Waals surface area contributed by atoms with E-state index in [0.717, 1.165) is 5.56 Å². The van der Waals surface area contributed by atoms with Crippen LogP contribution in [0.1, 0.15) is 31.9 Å². The minimum Gasteiger partial charge on any atom is -0.457 e. The maximum absolute atomic E-state index is 12.4. The molecule has 0 saturated carbocycles. The lowest BCUT2D eigenvalue weighted by molar-refractivity contribution is -0.142. The van der Waals surface area contributed by atoms with Crippen molar-refractivity contribution in [3.8, 4) is 0 Å².